The molecule has 1 heterocycles. The van der Waals surface area contributed by atoms with Crippen molar-refractivity contribution >= 4 is 17.7 Å². The summed E-state index contributed by atoms with van der Waals surface area (Å²) in [5.41, 5.74) is 9.95. The molecule has 6 heteroatoms. The number of primary amides is 2. The van der Waals surface area contributed by atoms with Gasteiger partial charge in [-0.15, -0.1) is 0 Å². The third kappa shape index (κ3) is 1.95. The van der Waals surface area contributed by atoms with Crippen molar-refractivity contribution in [1.82, 2.24) is 4.90 Å². The van der Waals surface area contributed by atoms with E-state index < -0.39 is 17.9 Å². The molecule has 0 aromatic heterocycles. The molecule has 0 radical (unpaired) electrons. The number of nitrogens with two attached hydrogens (primary N) is 2. The van der Waals surface area contributed by atoms with E-state index in [1.807, 2.05) is 0 Å². The Hall–Kier alpha value is -1.59. The molecule has 0 bridgehead atoms. The fourth-order valence-electron chi connectivity index (χ4n) is 1.40. The van der Waals surface area contributed by atoms with Crippen molar-refractivity contribution < 1.29 is 14.4 Å². The molecule has 1 unspecified atom stereocenters. The zero-order chi connectivity index (χ0) is 10.0. The minimum atomic E-state index is -0.667. The van der Waals surface area contributed by atoms with Crippen molar-refractivity contribution in [2.75, 3.05) is 6.54 Å². The van der Waals surface area contributed by atoms with E-state index in [9.17, 15) is 14.4 Å². The second-order valence-electron chi connectivity index (χ2n) is 2.94. The van der Waals surface area contributed by atoms with Crippen molar-refractivity contribution in [3.8, 4) is 0 Å². The minimum Gasteiger partial charge on any atom is -0.368 e. The third-order valence-electron chi connectivity index (χ3n) is 1.98. The summed E-state index contributed by atoms with van der Waals surface area (Å²) >= 11 is 0. The van der Waals surface area contributed by atoms with E-state index in [1.165, 1.54) is 0 Å². The molecule has 3 amide bonds. The molecule has 1 saturated heterocycles. The Bertz CT molecular complexity index is 264. The van der Waals surface area contributed by atoms with Crippen LogP contribution < -0.4 is 11.5 Å². The Morgan fingerprint density at radius 2 is 2.08 bits per heavy atom. The quantitative estimate of drug-likeness (QED) is 0.528. The minimum absolute atomic E-state index is 0.230. The monoisotopic (exact) mass is 185 g/mol. The number of carbonyl (C=O) groups excluding carboxylic acids is 3. The first-order valence-corrected chi connectivity index (χ1v) is 3.89. The van der Waals surface area contributed by atoms with Crippen LogP contribution in [0.3, 0.4) is 0 Å². The highest BCUT2D eigenvalue weighted by Gasteiger charge is 2.35. The van der Waals surface area contributed by atoms with E-state index in [0.29, 0.717) is 6.42 Å². The van der Waals surface area contributed by atoms with Crippen LogP contribution in [0.4, 0.5) is 0 Å². The Morgan fingerprint density at radius 1 is 1.46 bits per heavy atom. The van der Waals surface area contributed by atoms with Crippen LogP contribution in [0.15, 0.2) is 0 Å². The Kier molecular flexibility index (Phi) is 2.50. The summed E-state index contributed by atoms with van der Waals surface area (Å²) in [7, 11) is 0. The normalized spacial score (nSPS) is 22.0. The summed E-state index contributed by atoms with van der Waals surface area (Å²) in [6.45, 7) is -0.230. The summed E-state index contributed by atoms with van der Waals surface area (Å²) in [5, 5.41) is 0. The smallest absolute Gasteiger partial charge is 0.240 e. The lowest BCUT2D eigenvalue weighted by Gasteiger charge is -2.20. The molecular formula is C7H11N3O3. The molecule has 0 aromatic carbocycles. The first-order valence-electron chi connectivity index (χ1n) is 3.89. The van der Waals surface area contributed by atoms with E-state index in [-0.39, 0.29) is 18.9 Å². The summed E-state index contributed by atoms with van der Waals surface area (Å²) in [6.07, 6.45) is 0.627. The fraction of sp³-hybridized carbons (Fsp3) is 0.571. The highest BCUT2D eigenvalue weighted by atomic mass is 16.2. The number of rotatable bonds is 3. The molecule has 1 rings (SSSR count). The van der Waals surface area contributed by atoms with Crippen molar-refractivity contribution in [2.24, 2.45) is 11.5 Å². The van der Waals surface area contributed by atoms with Gasteiger partial charge in [0.05, 0.1) is 0 Å². The van der Waals surface area contributed by atoms with Crippen LogP contribution in [0.5, 0.6) is 0 Å². The summed E-state index contributed by atoms with van der Waals surface area (Å²) in [4.78, 5) is 33.6. The van der Waals surface area contributed by atoms with Crippen LogP contribution >= 0.6 is 0 Å². The van der Waals surface area contributed by atoms with Gasteiger partial charge in [-0.2, -0.15) is 0 Å². The molecule has 1 aliphatic heterocycles. The predicted octanol–water partition coefficient (Wildman–Crippen LogP) is -2.05. The number of hydrogen-bond donors (Lipinski definition) is 2. The largest absolute Gasteiger partial charge is 0.368 e. The molecule has 1 fully saturated rings. The molecule has 13 heavy (non-hydrogen) atoms. The van der Waals surface area contributed by atoms with Crippen LogP contribution in [-0.2, 0) is 14.4 Å². The van der Waals surface area contributed by atoms with Crippen LogP contribution in [-0.4, -0.2) is 35.2 Å². The summed E-state index contributed by atoms with van der Waals surface area (Å²) in [6, 6.07) is -0.667. The molecule has 0 aromatic rings. The van der Waals surface area contributed by atoms with E-state index in [2.05, 4.69) is 0 Å². The van der Waals surface area contributed by atoms with Crippen LogP contribution in [0, 0.1) is 0 Å². The molecule has 0 spiro atoms. The van der Waals surface area contributed by atoms with E-state index in [0.717, 1.165) is 4.90 Å². The predicted molar refractivity (Wildman–Crippen MR) is 43.1 cm³/mol. The maximum absolute atomic E-state index is 11.1. The number of carbonyl (C=O) groups is 3. The van der Waals surface area contributed by atoms with Crippen molar-refractivity contribution in [3.05, 3.63) is 0 Å². The van der Waals surface area contributed by atoms with Gasteiger partial charge >= 0.3 is 0 Å². The molecule has 0 aliphatic carbocycles. The van der Waals surface area contributed by atoms with Gasteiger partial charge in [0.1, 0.15) is 12.6 Å². The van der Waals surface area contributed by atoms with Gasteiger partial charge in [-0.25, -0.2) is 0 Å². The highest BCUT2D eigenvalue weighted by molar-refractivity contribution is 5.92. The number of amides is 3. The lowest BCUT2D eigenvalue weighted by molar-refractivity contribution is -0.137. The van der Waals surface area contributed by atoms with Gasteiger partial charge in [0, 0.05) is 6.42 Å². The van der Waals surface area contributed by atoms with Crippen LogP contribution in [0.1, 0.15) is 12.8 Å². The number of likely N-dealkylation sites (tertiary alicyclic amines) is 1. The van der Waals surface area contributed by atoms with Crippen molar-refractivity contribution in [2.45, 2.75) is 18.9 Å². The molecule has 1 atom stereocenters. The number of hydrogen-bond acceptors (Lipinski definition) is 3. The average molecular weight is 185 g/mol. The van der Waals surface area contributed by atoms with Gasteiger partial charge in [-0.1, -0.05) is 0 Å². The van der Waals surface area contributed by atoms with E-state index >= 15 is 0 Å². The zero-order valence-corrected chi connectivity index (χ0v) is 7.03. The van der Waals surface area contributed by atoms with Gasteiger partial charge in [-0.05, 0) is 6.42 Å². The van der Waals surface area contributed by atoms with Gasteiger partial charge in [0.2, 0.25) is 17.7 Å². The first-order chi connectivity index (χ1) is 6.02. The summed E-state index contributed by atoms with van der Waals surface area (Å²) < 4.78 is 0. The number of nitrogens with zero attached hydrogens (tertiary/aromatic N) is 1. The zero-order valence-electron chi connectivity index (χ0n) is 7.03. The van der Waals surface area contributed by atoms with Crippen molar-refractivity contribution in [3.63, 3.8) is 0 Å². The summed E-state index contributed by atoms with van der Waals surface area (Å²) in [5.74, 6) is -1.48. The maximum Gasteiger partial charge on any atom is 0.240 e. The Balaban J connectivity index is 2.71. The highest BCUT2D eigenvalue weighted by Crippen LogP contribution is 2.17. The topological polar surface area (TPSA) is 106 Å². The third-order valence-corrected chi connectivity index (χ3v) is 1.98. The molecule has 4 N–H and O–H groups in total. The maximum atomic E-state index is 11.1. The molecular weight excluding hydrogens is 174 g/mol. The van der Waals surface area contributed by atoms with Crippen LogP contribution in [0.25, 0.3) is 0 Å². The molecule has 1 aliphatic rings. The Labute approximate surface area is 74.8 Å². The standard InChI is InChI=1S/C7H11N3O3/c8-5(11)3-10-4(7(9)13)1-2-6(10)12/h4H,1-3H2,(H2,8,11)(H2,9,13). The Morgan fingerprint density at radius 3 is 2.54 bits per heavy atom. The second-order valence-corrected chi connectivity index (χ2v) is 2.94. The fourth-order valence-corrected chi connectivity index (χ4v) is 1.40. The van der Waals surface area contributed by atoms with Gasteiger partial charge in [0.25, 0.3) is 0 Å². The molecule has 0 saturated carbocycles. The SMILES string of the molecule is NC(=O)CN1C(=O)CCC1C(N)=O. The van der Waals surface area contributed by atoms with Gasteiger partial charge in [0.15, 0.2) is 0 Å². The van der Waals surface area contributed by atoms with Gasteiger partial charge < -0.3 is 16.4 Å². The van der Waals surface area contributed by atoms with E-state index in [1.54, 1.807) is 0 Å². The second kappa shape index (κ2) is 3.42. The first kappa shape index (κ1) is 9.50. The van der Waals surface area contributed by atoms with Crippen LogP contribution in [0.2, 0.25) is 0 Å². The molecule has 72 valence electrons. The average Bonchev–Trinajstić information content (AvgIpc) is 2.32. The van der Waals surface area contributed by atoms with Crippen molar-refractivity contribution in [1.29, 1.82) is 0 Å². The molecule has 6 nitrogen and oxygen atoms in total. The lowest BCUT2D eigenvalue weighted by Crippen LogP contribution is -2.46. The van der Waals surface area contributed by atoms with Gasteiger partial charge in [-0.3, -0.25) is 14.4 Å². The van der Waals surface area contributed by atoms with E-state index in [4.69, 9.17) is 11.5 Å². The lowest BCUT2D eigenvalue weighted by atomic mass is 10.2.